The van der Waals surface area contributed by atoms with Gasteiger partial charge in [-0.25, -0.2) is 0 Å². The average molecular weight is 159 g/mol. The van der Waals surface area contributed by atoms with Crippen molar-refractivity contribution in [2.24, 2.45) is 5.92 Å². The molecule has 4 rings (SSSR count). The summed E-state index contributed by atoms with van der Waals surface area (Å²) in [5, 5.41) is 2.95. The summed E-state index contributed by atoms with van der Waals surface area (Å²) in [4.78, 5) is 11.1. The third-order valence-electron chi connectivity index (χ3n) is 2.83. The van der Waals surface area contributed by atoms with Gasteiger partial charge in [0.05, 0.1) is 5.54 Å². The monoisotopic (exact) mass is 159 g/mol. The van der Waals surface area contributed by atoms with Gasteiger partial charge in [0.15, 0.2) is 0 Å². The van der Waals surface area contributed by atoms with E-state index in [0.29, 0.717) is 5.92 Å². The number of hydrogen-bond donors (Lipinski definition) is 1. The minimum absolute atomic E-state index is 0.0434. The maximum atomic E-state index is 11.1. The Labute approximate surface area is 70.6 Å². The second-order valence-electron chi connectivity index (χ2n) is 3.61. The lowest BCUT2D eigenvalue weighted by Crippen LogP contribution is -2.44. The van der Waals surface area contributed by atoms with Gasteiger partial charge >= 0.3 is 0 Å². The first kappa shape index (κ1) is 6.23. The van der Waals surface area contributed by atoms with Crippen molar-refractivity contribution in [1.82, 2.24) is 5.32 Å². The Morgan fingerprint density at radius 2 is 2.17 bits per heavy atom. The van der Waals surface area contributed by atoms with Crippen LogP contribution in [0.2, 0.25) is 0 Å². The smallest absolute Gasteiger partial charge is 0.245 e. The first-order chi connectivity index (χ1) is 5.78. The van der Waals surface area contributed by atoms with Gasteiger partial charge in [-0.3, -0.25) is 4.79 Å². The maximum absolute atomic E-state index is 11.1. The first-order valence-corrected chi connectivity index (χ1v) is 4.20. The van der Waals surface area contributed by atoms with Crippen molar-refractivity contribution in [3.8, 4) is 0 Å². The van der Waals surface area contributed by atoms with Crippen LogP contribution in [0.1, 0.15) is 6.42 Å². The fourth-order valence-corrected chi connectivity index (χ4v) is 2.18. The van der Waals surface area contributed by atoms with E-state index in [2.05, 4.69) is 29.6 Å². The van der Waals surface area contributed by atoms with Crippen molar-refractivity contribution in [2.75, 3.05) is 0 Å². The molecule has 3 aliphatic carbocycles. The molecule has 2 heteroatoms. The van der Waals surface area contributed by atoms with Crippen LogP contribution in [0.5, 0.6) is 0 Å². The summed E-state index contributed by atoms with van der Waals surface area (Å²) in [7, 11) is 0. The van der Waals surface area contributed by atoms with Gasteiger partial charge in [0.2, 0.25) is 5.91 Å². The Kier molecular flexibility index (Phi) is 0.888. The highest BCUT2D eigenvalue weighted by Crippen LogP contribution is 2.40. The molecule has 1 spiro atoms. The fraction of sp³-hybridized carbons (Fsp3) is 0.300. The van der Waals surface area contributed by atoms with Crippen molar-refractivity contribution in [1.29, 1.82) is 0 Å². The van der Waals surface area contributed by atoms with E-state index in [4.69, 9.17) is 0 Å². The van der Waals surface area contributed by atoms with Crippen molar-refractivity contribution < 1.29 is 4.79 Å². The standard InChI is InChI=1S/C10H9NO/c12-9-6-8-5-7-1-3-10(8,11-9)4-2-7/h1-4,6-7H,5H2,(H,11,12). The van der Waals surface area contributed by atoms with Crippen molar-refractivity contribution in [3.63, 3.8) is 0 Å². The Balaban J connectivity index is 2.21. The Bertz CT molecular complexity index is 335. The summed E-state index contributed by atoms with van der Waals surface area (Å²) < 4.78 is 0. The van der Waals surface area contributed by atoms with Crippen LogP contribution in [-0.4, -0.2) is 11.4 Å². The van der Waals surface area contributed by atoms with E-state index in [1.54, 1.807) is 6.08 Å². The molecule has 1 amide bonds. The van der Waals surface area contributed by atoms with Crippen LogP contribution >= 0.6 is 0 Å². The second-order valence-corrected chi connectivity index (χ2v) is 3.61. The number of nitrogens with one attached hydrogen (secondary N) is 1. The average Bonchev–Trinajstić information content (AvgIpc) is 2.39. The van der Waals surface area contributed by atoms with Gasteiger partial charge in [-0.05, 0) is 17.9 Å². The third-order valence-corrected chi connectivity index (χ3v) is 2.83. The molecule has 0 aromatic carbocycles. The predicted molar refractivity (Wildman–Crippen MR) is 45.3 cm³/mol. The molecule has 4 aliphatic rings. The highest BCUT2D eigenvalue weighted by Gasteiger charge is 2.41. The summed E-state index contributed by atoms with van der Waals surface area (Å²) in [5.41, 5.74) is 0.994. The van der Waals surface area contributed by atoms with Gasteiger partial charge in [0, 0.05) is 6.08 Å². The van der Waals surface area contributed by atoms with Crippen LogP contribution in [0.4, 0.5) is 0 Å². The zero-order chi connectivity index (χ0) is 8.18. The third kappa shape index (κ3) is 0.583. The first-order valence-electron chi connectivity index (χ1n) is 4.20. The van der Waals surface area contributed by atoms with Gasteiger partial charge in [0.1, 0.15) is 0 Å². The predicted octanol–water partition coefficient (Wildman–Crippen LogP) is 0.927. The normalized spacial score (nSPS) is 41.2. The largest absolute Gasteiger partial charge is 0.336 e. The van der Waals surface area contributed by atoms with E-state index in [9.17, 15) is 4.79 Å². The van der Waals surface area contributed by atoms with Crippen LogP contribution in [0, 0.1) is 5.92 Å². The Morgan fingerprint density at radius 1 is 1.42 bits per heavy atom. The van der Waals surface area contributed by atoms with Crippen LogP contribution in [0.3, 0.4) is 0 Å². The number of carbonyl (C=O) groups excluding carboxylic acids is 1. The summed E-state index contributed by atoms with van der Waals surface area (Å²) in [6.07, 6.45) is 11.3. The van der Waals surface area contributed by atoms with E-state index in [-0.39, 0.29) is 11.4 Å². The molecular weight excluding hydrogens is 150 g/mol. The summed E-state index contributed by atoms with van der Waals surface area (Å²) >= 11 is 0. The van der Waals surface area contributed by atoms with Crippen LogP contribution in [-0.2, 0) is 4.79 Å². The van der Waals surface area contributed by atoms with E-state index in [1.807, 2.05) is 0 Å². The topological polar surface area (TPSA) is 29.1 Å². The molecule has 0 saturated carbocycles. The molecule has 1 heterocycles. The van der Waals surface area contributed by atoms with Gasteiger partial charge < -0.3 is 5.32 Å². The van der Waals surface area contributed by atoms with Gasteiger partial charge in [0.25, 0.3) is 0 Å². The second kappa shape index (κ2) is 1.71. The molecule has 2 bridgehead atoms. The molecular formula is C10H9NO. The number of rotatable bonds is 0. The molecule has 0 aromatic heterocycles. The summed E-state index contributed by atoms with van der Waals surface area (Å²) in [6.45, 7) is 0. The number of amides is 1. The maximum Gasteiger partial charge on any atom is 0.245 e. The molecule has 0 radical (unpaired) electrons. The number of allylic oxidation sites excluding steroid dienone is 2. The van der Waals surface area contributed by atoms with Gasteiger partial charge in [-0.1, -0.05) is 24.3 Å². The lowest BCUT2D eigenvalue weighted by Gasteiger charge is -2.36. The Morgan fingerprint density at radius 3 is 2.83 bits per heavy atom. The van der Waals surface area contributed by atoms with E-state index in [0.717, 1.165) is 6.42 Å². The lowest BCUT2D eigenvalue weighted by molar-refractivity contribution is -0.116. The molecule has 0 unspecified atom stereocenters. The molecule has 0 aromatic rings. The lowest BCUT2D eigenvalue weighted by atomic mass is 9.74. The molecule has 1 aliphatic heterocycles. The van der Waals surface area contributed by atoms with Gasteiger partial charge in [-0.15, -0.1) is 0 Å². The minimum Gasteiger partial charge on any atom is -0.336 e. The molecule has 12 heavy (non-hydrogen) atoms. The van der Waals surface area contributed by atoms with E-state index in [1.165, 1.54) is 5.57 Å². The molecule has 0 saturated heterocycles. The summed E-state index contributed by atoms with van der Waals surface area (Å²) in [6, 6.07) is 0. The molecule has 0 fully saturated rings. The SMILES string of the molecule is O=C1C=C2CC3C=CC2(C=C3)N1. The van der Waals surface area contributed by atoms with Crippen LogP contribution in [0.25, 0.3) is 0 Å². The minimum atomic E-state index is -0.230. The van der Waals surface area contributed by atoms with E-state index >= 15 is 0 Å². The molecule has 2 nitrogen and oxygen atoms in total. The molecule has 0 atom stereocenters. The number of carbonyl (C=O) groups is 1. The van der Waals surface area contributed by atoms with Crippen molar-refractivity contribution in [3.05, 3.63) is 36.0 Å². The van der Waals surface area contributed by atoms with Gasteiger partial charge in [-0.2, -0.15) is 0 Å². The fourth-order valence-electron chi connectivity index (χ4n) is 2.18. The highest BCUT2D eigenvalue weighted by atomic mass is 16.1. The molecule has 60 valence electrons. The summed E-state index contributed by atoms with van der Waals surface area (Å²) in [5.74, 6) is 0.563. The van der Waals surface area contributed by atoms with Crippen LogP contribution < -0.4 is 5.32 Å². The number of hydrogen-bond acceptors (Lipinski definition) is 1. The zero-order valence-corrected chi connectivity index (χ0v) is 6.58. The zero-order valence-electron chi connectivity index (χ0n) is 6.58. The van der Waals surface area contributed by atoms with Crippen LogP contribution in [0.15, 0.2) is 36.0 Å². The Hall–Kier alpha value is -1.31. The van der Waals surface area contributed by atoms with Crippen molar-refractivity contribution in [2.45, 2.75) is 12.0 Å². The quantitative estimate of drug-likeness (QED) is 0.523. The van der Waals surface area contributed by atoms with E-state index < -0.39 is 0 Å². The highest BCUT2D eigenvalue weighted by molar-refractivity contribution is 5.94. The van der Waals surface area contributed by atoms with Crippen molar-refractivity contribution >= 4 is 5.91 Å². The molecule has 1 N–H and O–H groups in total.